The van der Waals surface area contributed by atoms with Gasteiger partial charge in [0, 0.05) is 35.7 Å². The molecule has 5 nitrogen and oxygen atoms in total. The molecule has 0 bridgehead atoms. The van der Waals surface area contributed by atoms with Gasteiger partial charge in [0.1, 0.15) is 6.54 Å². The van der Waals surface area contributed by atoms with Gasteiger partial charge in [0.25, 0.3) is 5.91 Å². The molecular weight excluding hydrogens is 456 g/mol. The van der Waals surface area contributed by atoms with Gasteiger partial charge in [0.05, 0.1) is 12.6 Å². The van der Waals surface area contributed by atoms with Gasteiger partial charge in [-0.2, -0.15) is 0 Å². The highest BCUT2D eigenvalue weighted by molar-refractivity contribution is 7.10. The quantitative estimate of drug-likeness (QED) is 0.477. The van der Waals surface area contributed by atoms with Crippen LogP contribution >= 0.6 is 22.9 Å². The van der Waals surface area contributed by atoms with E-state index in [1.807, 2.05) is 54.3 Å². The predicted octanol–water partition coefficient (Wildman–Crippen LogP) is 4.97. The van der Waals surface area contributed by atoms with E-state index in [0.29, 0.717) is 30.3 Å². The summed E-state index contributed by atoms with van der Waals surface area (Å²) in [5.74, 6) is -0.236. The van der Waals surface area contributed by atoms with Crippen molar-refractivity contribution in [2.24, 2.45) is 0 Å². The highest BCUT2D eigenvalue weighted by Gasteiger charge is 2.34. The van der Waals surface area contributed by atoms with Gasteiger partial charge in [-0.15, -0.1) is 11.3 Å². The number of hydrogen-bond donors (Lipinski definition) is 0. The Hall–Kier alpha value is -2.67. The number of methoxy groups -OCH3 is 1. The molecule has 0 spiro atoms. The maximum Gasteiger partial charge on any atom is 0.254 e. The molecule has 0 N–H and O–H groups in total. The zero-order valence-corrected chi connectivity index (χ0v) is 20.4. The van der Waals surface area contributed by atoms with Crippen molar-refractivity contribution in [2.75, 3.05) is 33.4 Å². The molecule has 0 saturated heterocycles. The maximum absolute atomic E-state index is 13.6. The molecule has 1 aliphatic heterocycles. The zero-order valence-electron chi connectivity index (χ0n) is 18.8. The number of aryl methyl sites for hydroxylation is 1. The van der Waals surface area contributed by atoms with E-state index in [1.165, 1.54) is 4.88 Å². The fourth-order valence-corrected chi connectivity index (χ4v) is 5.31. The minimum Gasteiger partial charge on any atom is -0.383 e. The second kappa shape index (κ2) is 10.5. The molecule has 2 aromatic carbocycles. The molecule has 0 fully saturated rings. The van der Waals surface area contributed by atoms with Gasteiger partial charge >= 0.3 is 0 Å². The summed E-state index contributed by atoms with van der Waals surface area (Å²) in [6.45, 7) is 3.22. The molecule has 0 saturated carbocycles. The number of thiophene rings is 1. The van der Waals surface area contributed by atoms with Gasteiger partial charge in [-0.1, -0.05) is 41.9 Å². The van der Waals surface area contributed by atoms with Gasteiger partial charge in [-0.25, -0.2) is 0 Å². The fourth-order valence-electron chi connectivity index (χ4n) is 4.28. The van der Waals surface area contributed by atoms with Gasteiger partial charge in [0.15, 0.2) is 0 Å². The Morgan fingerprint density at radius 2 is 1.91 bits per heavy atom. The Morgan fingerprint density at radius 1 is 1.15 bits per heavy atom. The highest BCUT2D eigenvalue weighted by atomic mass is 35.5. The maximum atomic E-state index is 13.6. The normalized spacial score (nSPS) is 15.2. The summed E-state index contributed by atoms with van der Waals surface area (Å²) >= 11 is 7.84. The average Bonchev–Trinajstić information content (AvgIpc) is 3.30. The Balaban J connectivity index is 1.62. The van der Waals surface area contributed by atoms with Gasteiger partial charge in [0.2, 0.25) is 5.91 Å². The van der Waals surface area contributed by atoms with Crippen molar-refractivity contribution >= 4 is 34.8 Å². The van der Waals surface area contributed by atoms with Crippen LogP contribution in [0.2, 0.25) is 5.02 Å². The van der Waals surface area contributed by atoms with Crippen LogP contribution in [-0.2, 0) is 16.0 Å². The second-order valence-electron chi connectivity index (χ2n) is 8.12. The monoisotopic (exact) mass is 482 g/mol. The molecule has 1 unspecified atom stereocenters. The summed E-state index contributed by atoms with van der Waals surface area (Å²) in [7, 11) is 1.59. The minimum absolute atomic E-state index is 0.0000871. The van der Waals surface area contributed by atoms with Crippen molar-refractivity contribution in [1.82, 2.24) is 9.80 Å². The lowest BCUT2D eigenvalue weighted by molar-refractivity contribution is -0.134. The Morgan fingerprint density at radius 3 is 2.64 bits per heavy atom. The van der Waals surface area contributed by atoms with Crippen LogP contribution in [0.25, 0.3) is 0 Å². The number of ether oxygens (including phenoxy) is 1. The molecule has 1 aliphatic rings. The fraction of sp³-hybridized carbons (Fsp3) is 0.308. The lowest BCUT2D eigenvalue weighted by atomic mass is 9.93. The van der Waals surface area contributed by atoms with Crippen molar-refractivity contribution in [3.8, 4) is 0 Å². The number of hydrogen-bond acceptors (Lipinski definition) is 4. The lowest BCUT2D eigenvalue weighted by Crippen LogP contribution is -2.47. The number of nitrogens with zero attached hydrogens (tertiary/aromatic N) is 2. The number of benzene rings is 2. The topological polar surface area (TPSA) is 49.9 Å². The van der Waals surface area contributed by atoms with Crippen molar-refractivity contribution < 1.29 is 14.3 Å². The van der Waals surface area contributed by atoms with Crippen LogP contribution in [0.1, 0.15) is 38.0 Å². The van der Waals surface area contributed by atoms with Crippen LogP contribution < -0.4 is 0 Å². The molecule has 1 atom stereocenters. The molecular formula is C26H27ClN2O3S. The predicted molar refractivity (Wildman–Crippen MR) is 132 cm³/mol. The van der Waals surface area contributed by atoms with E-state index in [2.05, 4.69) is 11.4 Å². The summed E-state index contributed by atoms with van der Waals surface area (Å²) in [4.78, 5) is 31.7. The smallest absolute Gasteiger partial charge is 0.254 e. The summed E-state index contributed by atoms with van der Waals surface area (Å²) in [5, 5.41) is 2.74. The SMILES string of the molecule is COCCN(CC(=O)N1CCc2sccc2C1c1ccc(Cl)cc1)C(=O)c1ccccc1C. The summed E-state index contributed by atoms with van der Waals surface area (Å²) < 4.78 is 5.22. The third kappa shape index (κ3) is 5.13. The zero-order chi connectivity index (χ0) is 23.4. The van der Waals surface area contributed by atoms with Gasteiger partial charge < -0.3 is 14.5 Å². The molecule has 2 amide bonds. The Bertz CT molecular complexity index is 1130. The lowest BCUT2D eigenvalue weighted by Gasteiger charge is -2.37. The van der Waals surface area contributed by atoms with Crippen LogP contribution in [0.3, 0.4) is 0 Å². The standard InChI is InChI=1S/C26H27ClN2O3S/c1-18-5-3-4-6-21(18)26(31)28(14-15-32-2)17-24(30)29-13-11-23-22(12-16-33-23)25(29)19-7-9-20(27)10-8-19/h3-10,12,16,25H,11,13-15,17H2,1-2H3. The van der Waals surface area contributed by atoms with E-state index >= 15 is 0 Å². The van der Waals surface area contributed by atoms with Crippen LogP contribution in [0.5, 0.6) is 0 Å². The van der Waals surface area contributed by atoms with E-state index in [-0.39, 0.29) is 24.4 Å². The first-order chi connectivity index (χ1) is 16.0. The number of carbonyl (C=O) groups excluding carboxylic acids is 2. The first kappa shape index (κ1) is 23.5. The second-order valence-corrected chi connectivity index (χ2v) is 9.56. The molecule has 33 heavy (non-hydrogen) atoms. The van der Waals surface area contributed by atoms with Crippen molar-refractivity contribution in [3.05, 3.63) is 92.1 Å². The summed E-state index contributed by atoms with van der Waals surface area (Å²) in [5.41, 5.74) is 3.66. The number of halogens is 1. The molecule has 4 rings (SSSR count). The number of carbonyl (C=O) groups is 2. The molecule has 3 aromatic rings. The Labute approximate surface area is 203 Å². The Kier molecular flexibility index (Phi) is 7.48. The third-order valence-corrected chi connectivity index (χ3v) is 7.27. The van der Waals surface area contributed by atoms with E-state index in [1.54, 1.807) is 29.4 Å². The van der Waals surface area contributed by atoms with Crippen molar-refractivity contribution in [1.29, 1.82) is 0 Å². The average molecular weight is 483 g/mol. The highest BCUT2D eigenvalue weighted by Crippen LogP contribution is 2.38. The van der Waals surface area contributed by atoms with E-state index in [4.69, 9.17) is 16.3 Å². The number of fused-ring (bicyclic) bond motifs is 1. The van der Waals surface area contributed by atoms with Crippen LogP contribution in [0.4, 0.5) is 0 Å². The molecule has 0 radical (unpaired) electrons. The number of amides is 2. The van der Waals surface area contributed by atoms with Crippen molar-refractivity contribution in [3.63, 3.8) is 0 Å². The summed E-state index contributed by atoms with van der Waals surface area (Å²) in [6.07, 6.45) is 0.812. The molecule has 172 valence electrons. The van der Waals surface area contributed by atoms with Crippen LogP contribution in [0, 0.1) is 6.92 Å². The summed E-state index contributed by atoms with van der Waals surface area (Å²) in [6, 6.07) is 17.0. The van der Waals surface area contributed by atoms with Crippen LogP contribution in [-0.4, -0.2) is 55.0 Å². The first-order valence-electron chi connectivity index (χ1n) is 10.9. The largest absolute Gasteiger partial charge is 0.383 e. The van der Waals surface area contributed by atoms with Gasteiger partial charge in [-0.05, 0) is 59.7 Å². The molecule has 2 heterocycles. The van der Waals surface area contributed by atoms with Crippen molar-refractivity contribution in [2.45, 2.75) is 19.4 Å². The van der Waals surface area contributed by atoms with Crippen LogP contribution in [0.15, 0.2) is 60.0 Å². The van der Waals surface area contributed by atoms with E-state index in [9.17, 15) is 9.59 Å². The minimum atomic E-state index is -0.192. The molecule has 7 heteroatoms. The molecule has 1 aromatic heterocycles. The van der Waals surface area contributed by atoms with E-state index in [0.717, 1.165) is 23.1 Å². The number of rotatable bonds is 7. The van der Waals surface area contributed by atoms with E-state index < -0.39 is 0 Å². The third-order valence-electron chi connectivity index (χ3n) is 6.03. The molecule has 0 aliphatic carbocycles. The van der Waals surface area contributed by atoms with Gasteiger partial charge in [-0.3, -0.25) is 9.59 Å². The first-order valence-corrected chi connectivity index (χ1v) is 12.2.